The van der Waals surface area contributed by atoms with Crippen molar-refractivity contribution in [3.8, 4) is 5.75 Å². The number of furan rings is 1. The third kappa shape index (κ3) is 3.51. The van der Waals surface area contributed by atoms with E-state index in [0.717, 1.165) is 26.3 Å². The predicted octanol–water partition coefficient (Wildman–Crippen LogP) is 4.43. The van der Waals surface area contributed by atoms with Crippen molar-refractivity contribution in [3.63, 3.8) is 0 Å². The van der Waals surface area contributed by atoms with Gasteiger partial charge in [0.15, 0.2) is 4.67 Å². The van der Waals surface area contributed by atoms with Gasteiger partial charge in [0.25, 0.3) is 0 Å². The SMILES string of the molecule is COc1cc(Br)cc(NCc2ccc(Br)o2)c1. The number of nitrogens with one attached hydrogen (secondary N) is 1. The van der Waals surface area contributed by atoms with Gasteiger partial charge in [-0.3, -0.25) is 0 Å². The molecule has 1 aromatic carbocycles. The molecule has 1 N–H and O–H groups in total. The number of benzene rings is 1. The van der Waals surface area contributed by atoms with Crippen LogP contribution in [0.1, 0.15) is 5.76 Å². The number of anilines is 1. The van der Waals surface area contributed by atoms with Gasteiger partial charge in [0.05, 0.1) is 13.7 Å². The number of halogens is 2. The van der Waals surface area contributed by atoms with Crippen LogP contribution in [0.25, 0.3) is 0 Å². The quantitative estimate of drug-likeness (QED) is 0.875. The first-order valence-electron chi connectivity index (χ1n) is 5.00. The van der Waals surface area contributed by atoms with E-state index in [1.807, 2.05) is 30.3 Å². The Morgan fingerprint density at radius 3 is 2.71 bits per heavy atom. The van der Waals surface area contributed by atoms with Crippen molar-refractivity contribution in [1.82, 2.24) is 0 Å². The third-order valence-corrected chi connectivity index (χ3v) is 3.09. The largest absolute Gasteiger partial charge is 0.497 e. The van der Waals surface area contributed by atoms with Crippen LogP contribution in [-0.4, -0.2) is 7.11 Å². The molecule has 0 aliphatic carbocycles. The fraction of sp³-hybridized carbons (Fsp3) is 0.167. The molecule has 0 spiro atoms. The van der Waals surface area contributed by atoms with Gasteiger partial charge in [-0.15, -0.1) is 0 Å². The van der Waals surface area contributed by atoms with Crippen LogP contribution in [0.4, 0.5) is 5.69 Å². The monoisotopic (exact) mass is 359 g/mol. The minimum absolute atomic E-state index is 0.630. The maximum Gasteiger partial charge on any atom is 0.169 e. The minimum atomic E-state index is 0.630. The molecule has 17 heavy (non-hydrogen) atoms. The number of rotatable bonds is 4. The Bertz CT molecular complexity index is 511. The van der Waals surface area contributed by atoms with Gasteiger partial charge >= 0.3 is 0 Å². The van der Waals surface area contributed by atoms with Crippen molar-refractivity contribution in [2.45, 2.75) is 6.54 Å². The average Bonchev–Trinajstić information content (AvgIpc) is 2.72. The van der Waals surface area contributed by atoms with E-state index in [0.29, 0.717) is 6.54 Å². The first kappa shape index (κ1) is 12.5. The number of hydrogen-bond acceptors (Lipinski definition) is 3. The van der Waals surface area contributed by atoms with Gasteiger partial charge in [0, 0.05) is 16.2 Å². The Kier molecular flexibility index (Phi) is 4.12. The smallest absolute Gasteiger partial charge is 0.169 e. The van der Waals surface area contributed by atoms with Crippen LogP contribution in [0.15, 0.2) is 43.9 Å². The Morgan fingerprint density at radius 2 is 2.06 bits per heavy atom. The van der Waals surface area contributed by atoms with Gasteiger partial charge in [-0.25, -0.2) is 0 Å². The first-order chi connectivity index (χ1) is 8.17. The molecule has 2 aromatic rings. The van der Waals surface area contributed by atoms with Crippen molar-refractivity contribution in [1.29, 1.82) is 0 Å². The summed E-state index contributed by atoms with van der Waals surface area (Å²) in [5.41, 5.74) is 0.976. The van der Waals surface area contributed by atoms with Gasteiger partial charge in [0.1, 0.15) is 11.5 Å². The molecule has 0 saturated heterocycles. The van der Waals surface area contributed by atoms with Gasteiger partial charge < -0.3 is 14.5 Å². The predicted molar refractivity (Wildman–Crippen MR) is 74.4 cm³/mol. The van der Waals surface area contributed by atoms with Gasteiger partial charge in [-0.1, -0.05) is 15.9 Å². The first-order valence-corrected chi connectivity index (χ1v) is 6.58. The second-order valence-corrected chi connectivity index (χ2v) is 5.14. The van der Waals surface area contributed by atoms with Crippen molar-refractivity contribution in [2.75, 3.05) is 12.4 Å². The highest BCUT2D eigenvalue weighted by Crippen LogP contribution is 2.25. The van der Waals surface area contributed by atoms with Crippen molar-refractivity contribution in [3.05, 3.63) is 45.2 Å². The van der Waals surface area contributed by atoms with Crippen molar-refractivity contribution < 1.29 is 9.15 Å². The fourth-order valence-electron chi connectivity index (χ4n) is 1.42. The highest BCUT2D eigenvalue weighted by Gasteiger charge is 2.02. The lowest BCUT2D eigenvalue weighted by atomic mass is 10.3. The average molecular weight is 361 g/mol. The molecular weight excluding hydrogens is 350 g/mol. The molecule has 5 heteroatoms. The molecule has 90 valence electrons. The molecule has 0 saturated carbocycles. The molecule has 0 amide bonds. The molecule has 0 bridgehead atoms. The van der Waals surface area contributed by atoms with Crippen LogP contribution in [0.5, 0.6) is 5.75 Å². The van der Waals surface area contributed by atoms with E-state index in [9.17, 15) is 0 Å². The van der Waals surface area contributed by atoms with Crippen LogP contribution in [0.2, 0.25) is 0 Å². The molecule has 0 unspecified atom stereocenters. The fourth-order valence-corrected chi connectivity index (χ4v) is 2.23. The van der Waals surface area contributed by atoms with E-state index in [1.165, 1.54) is 0 Å². The maximum absolute atomic E-state index is 5.40. The van der Waals surface area contributed by atoms with Crippen molar-refractivity contribution >= 4 is 37.5 Å². The molecule has 2 rings (SSSR count). The zero-order valence-electron chi connectivity index (χ0n) is 9.17. The second kappa shape index (κ2) is 5.60. The van der Waals surface area contributed by atoms with Crippen LogP contribution in [0.3, 0.4) is 0 Å². The highest BCUT2D eigenvalue weighted by atomic mass is 79.9. The van der Waals surface area contributed by atoms with Gasteiger partial charge in [-0.2, -0.15) is 0 Å². The van der Waals surface area contributed by atoms with E-state index in [4.69, 9.17) is 9.15 Å². The maximum atomic E-state index is 5.40. The Morgan fingerprint density at radius 1 is 1.24 bits per heavy atom. The standard InChI is InChI=1S/C12H11Br2NO2/c1-16-11-5-8(13)4-9(6-11)15-7-10-2-3-12(14)17-10/h2-6,15H,7H2,1H3. The zero-order chi connectivity index (χ0) is 12.3. The molecule has 1 heterocycles. The Labute approximate surface area is 116 Å². The van der Waals surface area contributed by atoms with E-state index >= 15 is 0 Å². The summed E-state index contributed by atoms with van der Waals surface area (Å²) in [4.78, 5) is 0. The van der Waals surface area contributed by atoms with E-state index in [2.05, 4.69) is 37.2 Å². The molecule has 0 atom stereocenters. The van der Waals surface area contributed by atoms with Crippen LogP contribution < -0.4 is 10.1 Å². The van der Waals surface area contributed by atoms with E-state index < -0.39 is 0 Å². The molecule has 1 aromatic heterocycles. The van der Waals surface area contributed by atoms with E-state index in [1.54, 1.807) is 7.11 Å². The summed E-state index contributed by atoms with van der Waals surface area (Å²) in [6.45, 7) is 0.630. The summed E-state index contributed by atoms with van der Waals surface area (Å²) in [5, 5.41) is 3.27. The van der Waals surface area contributed by atoms with Crippen LogP contribution in [-0.2, 0) is 6.54 Å². The van der Waals surface area contributed by atoms with E-state index in [-0.39, 0.29) is 0 Å². The Hall–Kier alpha value is -0.940. The van der Waals surface area contributed by atoms with Gasteiger partial charge in [-0.05, 0) is 40.2 Å². The molecule has 3 nitrogen and oxygen atoms in total. The lowest BCUT2D eigenvalue weighted by molar-refractivity contribution is 0.414. The zero-order valence-corrected chi connectivity index (χ0v) is 12.3. The summed E-state index contributed by atoms with van der Waals surface area (Å²) in [6.07, 6.45) is 0. The van der Waals surface area contributed by atoms with Crippen LogP contribution >= 0.6 is 31.9 Å². The summed E-state index contributed by atoms with van der Waals surface area (Å²) in [7, 11) is 1.65. The molecular formula is C12H11Br2NO2. The summed E-state index contributed by atoms with van der Waals surface area (Å²) in [5.74, 6) is 1.68. The highest BCUT2D eigenvalue weighted by molar-refractivity contribution is 9.10. The summed E-state index contributed by atoms with van der Waals surface area (Å²) >= 11 is 6.70. The van der Waals surface area contributed by atoms with Crippen molar-refractivity contribution in [2.24, 2.45) is 0 Å². The summed E-state index contributed by atoms with van der Waals surface area (Å²) in [6, 6.07) is 9.63. The molecule has 0 aliphatic heterocycles. The summed E-state index contributed by atoms with van der Waals surface area (Å²) < 4.78 is 12.3. The topological polar surface area (TPSA) is 34.4 Å². The Balaban J connectivity index is 2.05. The normalized spacial score (nSPS) is 10.3. The third-order valence-electron chi connectivity index (χ3n) is 2.20. The molecule has 0 aliphatic rings. The number of methoxy groups -OCH3 is 1. The lowest BCUT2D eigenvalue weighted by Crippen LogP contribution is -1.98. The number of ether oxygens (including phenoxy) is 1. The van der Waals surface area contributed by atoms with Gasteiger partial charge in [0.2, 0.25) is 0 Å². The molecule has 0 radical (unpaired) electrons. The molecule has 0 fully saturated rings. The second-order valence-electron chi connectivity index (χ2n) is 3.44. The minimum Gasteiger partial charge on any atom is -0.497 e. The number of hydrogen-bond donors (Lipinski definition) is 1. The van der Waals surface area contributed by atoms with Crippen LogP contribution in [0, 0.1) is 0 Å². The lowest BCUT2D eigenvalue weighted by Gasteiger charge is -2.07.